The fourth-order valence-corrected chi connectivity index (χ4v) is 2.00. The van der Waals surface area contributed by atoms with Crippen LogP contribution >= 0.6 is 0 Å². The van der Waals surface area contributed by atoms with Gasteiger partial charge in [0.2, 0.25) is 0 Å². The lowest BCUT2D eigenvalue weighted by molar-refractivity contribution is 0.276. The number of nitrogens with one attached hydrogen (secondary N) is 1. The first-order valence-electron chi connectivity index (χ1n) is 5.89. The van der Waals surface area contributed by atoms with E-state index >= 15 is 0 Å². The maximum Gasteiger partial charge on any atom is 0.0431 e. The van der Waals surface area contributed by atoms with Gasteiger partial charge in [0.1, 0.15) is 0 Å². The molecule has 1 heterocycles. The number of rotatable bonds is 7. The van der Waals surface area contributed by atoms with E-state index in [0.29, 0.717) is 12.6 Å². The van der Waals surface area contributed by atoms with Gasteiger partial charge < -0.3 is 15.3 Å². The summed E-state index contributed by atoms with van der Waals surface area (Å²) >= 11 is 0. The lowest BCUT2D eigenvalue weighted by atomic mass is 10.2. The van der Waals surface area contributed by atoms with Crippen molar-refractivity contribution >= 4 is 0 Å². The van der Waals surface area contributed by atoms with Crippen LogP contribution in [0.1, 0.15) is 32.6 Å². The summed E-state index contributed by atoms with van der Waals surface area (Å²) in [5.41, 5.74) is 0. The van der Waals surface area contributed by atoms with Gasteiger partial charge in [-0.3, -0.25) is 0 Å². The van der Waals surface area contributed by atoms with Crippen LogP contribution in [0.3, 0.4) is 0 Å². The Hall–Kier alpha value is -0.120. The molecule has 3 heteroatoms. The molecule has 0 aromatic carbocycles. The SMILES string of the molecule is CC(CN1CCCC1)NCCCCO. The van der Waals surface area contributed by atoms with Gasteiger partial charge in [0, 0.05) is 19.2 Å². The summed E-state index contributed by atoms with van der Waals surface area (Å²) in [4.78, 5) is 2.53. The number of nitrogens with zero attached hydrogens (tertiary/aromatic N) is 1. The molecule has 14 heavy (non-hydrogen) atoms. The quantitative estimate of drug-likeness (QED) is 0.598. The summed E-state index contributed by atoms with van der Waals surface area (Å²) in [5, 5.41) is 12.1. The van der Waals surface area contributed by atoms with Gasteiger partial charge in [-0.2, -0.15) is 0 Å². The molecule has 1 unspecified atom stereocenters. The van der Waals surface area contributed by atoms with Gasteiger partial charge in [0.05, 0.1) is 0 Å². The van der Waals surface area contributed by atoms with Crippen LogP contribution in [-0.2, 0) is 0 Å². The number of hydrogen-bond acceptors (Lipinski definition) is 3. The number of aliphatic hydroxyl groups excluding tert-OH is 1. The van der Waals surface area contributed by atoms with E-state index in [4.69, 9.17) is 5.11 Å². The molecule has 2 N–H and O–H groups in total. The highest BCUT2D eigenvalue weighted by Crippen LogP contribution is 2.07. The minimum Gasteiger partial charge on any atom is -0.396 e. The molecular formula is C11H24N2O. The Bertz CT molecular complexity index is 135. The Morgan fingerprint density at radius 1 is 1.29 bits per heavy atom. The Kier molecular flexibility index (Phi) is 6.15. The van der Waals surface area contributed by atoms with Crippen LogP contribution in [0.25, 0.3) is 0 Å². The second kappa shape index (κ2) is 7.21. The summed E-state index contributed by atoms with van der Waals surface area (Å²) in [7, 11) is 0. The van der Waals surface area contributed by atoms with Crippen molar-refractivity contribution in [1.82, 2.24) is 10.2 Å². The lowest BCUT2D eigenvalue weighted by Gasteiger charge is -2.21. The molecule has 0 aliphatic carbocycles. The van der Waals surface area contributed by atoms with Gasteiger partial charge in [-0.05, 0) is 52.2 Å². The van der Waals surface area contributed by atoms with Crippen molar-refractivity contribution in [2.75, 3.05) is 32.8 Å². The standard InChI is InChI=1S/C11H24N2O/c1-11(12-6-2-5-9-14)10-13-7-3-4-8-13/h11-12,14H,2-10H2,1H3. The van der Waals surface area contributed by atoms with Gasteiger partial charge in [0.15, 0.2) is 0 Å². The Morgan fingerprint density at radius 2 is 2.00 bits per heavy atom. The van der Waals surface area contributed by atoms with Crippen molar-refractivity contribution in [3.05, 3.63) is 0 Å². The van der Waals surface area contributed by atoms with Crippen LogP contribution in [0, 0.1) is 0 Å². The van der Waals surface area contributed by atoms with Gasteiger partial charge in [-0.25, -0.2) is 0 Å². The van der Waals surface area contributed by atoms with Crippen LogP contribution in [0.2, 0.25) is 0 Å². The monoisotopic (exact) mass is 200 g/mol. The molecule has 0 aromatic heterocycles. The smallest absolute Gasteiger partial charge is 0.0431 e. The molecule has 1 saturated heterocycles. The fourth-order valence-electron chi connectivity index (χ4n) is 2.00. The van der Waals surface area contributed by atoms with Crippen molar-refractivity contribution in [3.63, 3.8) is 0 Å². The molecule has 1 aliphatic rings. The van der Waals surface area contributed by atoms with E-state index in [2.05, 4.69) is 17.1 Å². The molecule has 1 rings (SSSR count). The predicted molar refractivity (Wildman–Crippen MR) is 59.5 cm³/mol. The molecule has 0 radical (unpaired) electrons. The van der Waals surface area contributed by atoms with Crippen molar-refractivity contribution in [3.8, 4) is 0 Å². The van der Waals surface area contributed by atoms with E-state index in [0.717, 1.165) is 19.4 Å². The third-order valence-electron chi connectivity index (χ3n) is 2.81. The maximum absolute atomic E-state index is 8.63. The average molecular weight is 200 g/mol. The van der Waals surface area contributed by atoms with Crippen LogP contribution in [0.4, 0.5) is 0 Å². The largest absolute Gasteiger partial charge is 0.396 e. The van der Waals surface area contributed by atoms with Gasteiger partial charge in [-0.15, -0.1) is 0 Å². The molecular weight excluding hydrogens is 176 g/mol. The summed E-state index contributed by atoms with van der Waals surface area (Å²) in [6.45, 7) is 7.35. The molecule has 0 amide bonds. The van der Waals surface area contributed by atoms with Crippen molar-refractivity contribution in [2.45, 2.75) is 38.6 Å². The Balaban J connectivity index is 1.95. The van der Waals surface area contributed by atoms with Crippen LogP contribution in [0.5, 0.6) is 0 Å². The molecule has 84 valence electrons. The summed E-state index contributed by atoms with van der Waals surface area (Å²) < 4.78 is 0. The molecule has 1 fully saturated rings. The predicted octanol–water partition coefficient (Wildman–Crippen LogP) is 0.833. The molecule has 0 bridgehead atoms. The number of hydrogen-bond donors (Lipinski definition) is 2. The van der Waals surface area contributed by atoms with Gasteiger partial charge >= 0.3 is 0 Å². The first-order valence-corrected chi connectivity index (χ1v) is 5.89. The average Bonchev–Trinajstić information content (AvgIpc) is 2.65. The highest BCUT2D eigenvalue weighted by Gasteiger charge is 2.13. The maximum atomic E-state index is 8.63. The number of likely N-dealkylation sites (tertiary alicyclic amines) is 1. The normalized spacial score (nSPS) is 20.1. The van der Waals surface area contributed by atoms with E-state index < -0.39 is 0 Å². The zero-order valence-corrected chi connectivity index (χ0v) is 9.34. The summed E-state index contributed by atoms with van der Waals surface area (Å²) in [6.07, 6.45) is 4.75. The summed E-state index contributed by atoms with van der Waals surface area (Å²) in [6, 6.07) is 0.590. The van der Waals surface area contributed by atoms with E-state index in [1.165, 1.54) is 32.5 Å². The van der Waals surface area contributed by atoms with Crippen molar-refractivity contribution in [1.29, 1.82) is 0 Å². The zero-order chi connectivity index (χ0) is 10.2. The second-order valence-electron chi connectivity index (χ2n) is 4.29. The highest BCUT2D eigenvalue weighted by molar-refractivity contribution is 4.72. The Morgan fingerprint density at radius 3 is 2.64 bits per heavy atom. The molecule has 1 atom stereocenters. The van der Waals surface area contributed by atoms with Gasteiger partial charge in [0.25, 0.3) is 0 Å². The van der Waals surface area contributed by atoms with E-state index in [-0.39, 0.29) is 0 Å². The first-order chi connectivity index (χ1) is 6.83. The van der Waals surface area contributed by atoms with E-state index in [9.17, 15) is 0 Å². The van der Waals surface area contributed by atoms with Crippen molar-refractivity contribution in [2.24, 2.45) is 0 Å². The lowest BCUT2D eigenvalue weighted by Crippen LogP contribution is -2.38. The second-order valence-corrected chi connectivity index (χ2v) is 4.29. The minimum absolute atomic E-state index is 0.322. The topological polar surface area (TPSA) is 35.5 Å². The molecule has 0 aromatic rings. The minimum atomic E-state index is 0.322. The molecule has 0 spiro atoms. The third-order valence-corrected chi connectivity index (χ3v) is 2.81. The molecule has 1 aliphatic heterocycles. The molecule has 0 saturated carbocycles. The number of unbranched alkanes of at least 4 members (excludes halogenated alkanes) is 1. The summed E-state index contributed by atoms with van der Waals surface area (Å²) in [5.74, 6) is 0. The van der Waals surface area contributed by atoms with Gasteiger partial charge in [-0.1, -0.05) is 0 Å². The number of aliphatic hydroxyl groups is 1. The van der Waals surface area contributed by atoms with E-state index in [1.807, 2.05) is 0 Å². The zero-order valence-electron chi connectivity index (χ0n) is 9.34. The van der Waals surface area contributed by atoms with Crippen molar-refractivity contribution < 1.29 is 5.11 Å². The fraction of sp³-hybridized carbons (Fsp3) is 1.00. The van der Waals surface area contributed by atoms with E-state index in [1.54, 1.807) is 0 Å². The third kappa shape index (κ3) is 4.94. The highest BCUT2D eigenvalue weighted by atomic mass is 16.2. The van der Waals surface area contributed by atoms with Crippen LogP contribution < -0.4 is 5.32 Å². The van der Waals surface area contributed by atoms with Crippen LogP contribution in [-0.4, -0.2) is 48.8 Å². The molecule has 3 nitrogen and oxygen atoms in total. The Labute approximate surface area is 87.5 Å². The van der Waals surface area contributed by atoms with Crippen LogP contribution in [0.15, 0.2) is 0 Å². The first kappa shape index (κ1) is 12.0.